The smallest absolute Gasteiger partial charge is 0.344 e. The number of aromatic nitrogens is 1. The molecular weight excluding hydrogens is 656 g/mol. The Morgan fingerprint density at radius 2 is 1.66 bits per heavy atom. The number of allylic oxidation sites excluding steroid dienone is 1. The van der Waals surface area contributed by atoms with Crippen molar-refractivity contribution < 1.29 is 38.0 Å². The van der Waals surface area contributed by atoms with Crippen LogP contribution in [0.15, 0.2) is 55.9 Å². The highest BCUT2D eigenvalue weighted by Gasteiger charge is 2.35. The number of thiazole rings is 1. The molecule has 0 unspecified atom stereocenters. The largest absolute Gasteiger partial charge is 0.493 e. The van der Waals surface area contributed by atoms with Crippen molar-refractivity contribution in [1.82, 2.24) is 4.57 Å². The topological polar surface area (TPSA) is 124 Å². The first kappa shape index (κ1) is 32.8. The van der Waals surface area contributed by atoms with Crippen LogP contribution in [-0.2, 0) is 19.1 Å². The summed E-state index contributed by atoms with van der Waals surface area (Å²) in [5.41, 5.74) is 1.57. The summed E-state index contributed by atoms with van der Waals surface area (Å²) in [6.45, 7) is 7.58. The molecule has 0 aliphatic carbocycles. The molecule has 0 amide bonds. The quantitative estimate of drug-likeness (QED) is 0.261. The van der Waals surface area contributed by atoms with E-state index < -0.39 is 18.0 Å². The molecule has 2 heterocycles. The van der Waals surface area contributed by atoms with Gasteiger partial charge in [-0.1, -0.05) is 33.3 Å². The predicted molar refractivity (Wildman–Crippen MR) is 167 cm³/mol. The van der Waals surface area contributed by atoms with Crippen molar-refractivity contribution in [3.63, 3.8) is 0 Å². The van der Waals surface area contributed by atoms with E-state index in [1.54, 1.807) is 57.2 Å². The fourth-order valence-electron chi connectivity index (χ4n) is 4.66. The maximum atomic E-state index is 14.1. The number of benzene rings is 2. The molecule has 0 radical (unpaired) electrons. The Balaban J connectivity index is 1.86. The van der Waals surface area contributed by atoms with Crippen molar-refractivity contribution in [3.05, 3.63) is 76.9 Å². The molecule has 2 aromatic carbocycles. The monoisotopic (exact) mass is 688 g/mol. The molecule has 1 aliphatic rings. The Hall–Kier alpha value is -4.10. The minimum Gasteiger partial charge on any atom is -0.493 e. The van der Waals surface area contributed by atoms with Gasteiger partial charge in [0.2, 0.25) is 0 Å². The van der Waals surface area contributed by atoms with Crippen LogP contribution in [0.5, 0.6) is 23.0 Å². The molecule has 0 bridgehead atoms. The standard InChI is InChI=1S/C31H33BrN2O9S/c1-7-40-24-15-20(32)19(14-23(24)39-6)28-27(30(37)42-9-3)17(4)33-31-34(28)29(36)25(44-31)13-18-10-11-21(22(12-18)38-5)43-16-26(35)41-8-2/h10-15,28H,7-9,16H2,1-6H3/b25-13+/t28-/m1/s1. The number of carbonyl (C=O) groups excluding carboxylic acids is 2. The van der Waals surface area contributed by atoms with Gasteiger partial charge in [0.05, 0.1) is 55.9 Å². The van der Waals surface area contributed by atoms with E-state index in [-0.39, 0.29) is 31.0 Å². The van der Waals surface area contributed by atoms with Crippen LogP contribution in [0.1, 0.15) is 44.9 Å². The molecule has 1 atom stereocenters. The molecule has 13 heteroatoms. The Labute approximate surface area is 266 Å². The second-order valence-electron chi connectivity index (χ2n) is 9.26. The molecule has 0 N–H and O–H groups in total. The van der Waals surface area contributed by atoms with E-state index in [1.807, 2.05) is 6.92 Å². The average Bonchev–Trinajstić information content (AvgIpc) is 3.30. The maximum absolute atomic E-state index is 14.1. The van der Waals surface area contributed by atoms with E-state index in [0.717, 1.165) is 0 Å². The van der Waals surface area contributed by atoms with E-state index in [4.69, 9.17) is 28.4 Å². The summed E-state index contributed by atoms with van der Waals surface area (Å²) >= 11 is 4.81. The number of ether oxygens (including phenoxy) is 6. The number of carbonyl (C=O) groups is 2. The highest BCUT2D eigenvalue weighted by atomic mass is 79.9. The van der Waals surface area contributed by atoms with Gasteiger partial charge in [-0.2, -0.15) is 0 Å². The van der Waals surface area contributed by atoms with Crippen LogP contribution in [0.3, 0.4) is 0 Å². The molecule has 3 aromatic rings. The summed E-state index contributed by atoms with van der Waals surface area (Å²) in [6.07, 6.45) is 1.70. The van der Waals surface area contributed by atoms with Crippen molar-refractivity contribution in [3.8, 4) is 23.0 Å². The second kappa shape index (κ2) is 14.6. The Morgan fingerprint density at radius 1 is 0.955 bits per heavy atom. The van der Waals surface area contributed by atoms with Gasteiger partial charge in [0.1, 0.15) is 0 Å². The highest BCUT2D eigenvalue weighted by Crippen LogP contribution is 2.41. The third kappa shape index (κ3) is 6.83. The highest BCUT2D eigenvalue weighted by molar-refractivity contribution is 9.10. The number of hydrogen-bond acceptors (Lipinski definition) is 11. The van der Waals surface area contributed by atoms with Gasteiger partial charge in [-0.15, -0.1) is 0 Å². The van der Waals surface area contributed by atoms with Crippen molar-refractivity contribution in [2.75, 3.05) is 40.6 Å². The second-order valence-corrected chi connectivity index (χ2v) is 11.1. The summed E-state index contributed by atoms with van der Waals surface area (Å²) in [5, 5.41) is 0. The molecule has 1 aliphatic heterocycles. The summed E-state index contributed by atoms with van der Waals surface area (Å²) < 4.78 is 35.1. The Bertz CT molecular complexity index is 1780. The molecule has 0 saturated heterocycles. The summed E-state index contributed by atoms with van der Waals surface area (Å²) in [5.74, 6) is 0.615. The number of fused-ring (bicyclic) bond motifs is 1. The number of esters is 2. The summed E-state index contributed by atoms with van der Waals surface area (Å²) in [4.78, 5) is 44.1. The minimum atomic E-state index is -0.861. The van der Waals surface area contributed by atoms with Gasteiger partial charge in [-0.25, -0.2) is 14.6 Å². The maximum Gasteiger partial charge on any atom is 0.344 e. The fraction of sp³-hybridized carbons (Fsp3) is 0.355. The third-order valence-electron chi connectivity index (χ3n) is 6.53. The lowest BCUT2D eigenvalue weighted by Crippen LogP contribution is -2.40. The van der Waals surface area contributed by atoms with E-state index in [1.165, 1.54) is 30.1 Å². The van der Waals surface area contributed by atoms with Gasteiger partial charge in [-0.05, 0) is 69.2 Å². The number of methoxy groups -OCH3 is 2. The Kier molecular flexibility index (Phi) is 10.9. The number of halogens is 1. The summed E-state index contributed by atoms with van der Waals surface area (Å²) in [6, 6.07) is 7.72. The van der Waals surface area contributed by atoms with Crippen LogP contribution >= 0.6 is 27.3 Å². The molecule has 0 spiro atoms. The number of nitrogens with zero attached hydrogens (tertiary/aromatic N) is 2. The van der Waals surface area contributed by atoms with E-state index in [2.05, 4.69) is 20.9 Å². The number of rotatable bonds is 12. The molecule has 44 heavy (non-hydrogen) atoms. The van der Waals surface area contributed by atoms with Gasteiger partial charge >= 0.3 is 11.9 Å². The van der Waals surface area contributed by atoms with E-state index in [9.17, 15) is 14.4 Å². The lowest BCUT2D eigenvalue weighted by atomic mass is 9.95. The van der Waals surface area contributed by atoms with Gasteiger partial charge in [0.15, 0.2) is 34.4 Å². The fourth-order valence-corrected chi connectivity index (χ4v) is 6.24. The average molecular weight is 690 g/mol. The lowest BCUT2D eigenvalue weighted by molar-refractivity contribution is -0.145. The predicted octanol–water partition coefficient (Wildman–Crippen LogP) is 3.92. The summed E-state index contributed by atoms with van der Waals surface area (Å²) in [7, 11) is 3.00. The zero-order valence-corrected chi connectivity index (χ0v) is 27.6. The van der Waals surface area contributed by atoms with Crippen molar-refractivity contribution in [1.29, 1.82) is 0 Å². The third-order valence-corrected chi connectivity index (χ3v) is 8.20. The van der Waals surface area contributed by atoms with Gasteiger partial charge in [-0.3, -0.25) is 9.36 Å². The van der Waals surface area contributed by atoms with Gasteiger partial charge < -0.3 is 28.4 Å². The molecule has 0 saturated carbocycles. The van der Waals surface area contributed by atoms with Crippen LogP contribution in [0, 0.1) is 0 Å². The van der Waals surface area contributed by atoms with Gasteiger partial charge in [0, 0.05) is 4.47 Å². The molecular formula is C31H33BrN2O9S. The van der Waals surface area contributed by atoms with Crippen LogP contribution in [0.2, 0.25) is 0 Å². The van der Waals surface area contributed by atoms with E-state index >= 15 is 0 Å². The SMILES string of the molecule is CCOC(=O)COc1ccc(/C=c2/sc3n(c2=O)[C@H](c2cc(OC)c(OCC)cc2Br)C(C(=O)OCC)=C(C)N=3)cc1OC. The number of hydrogen-bond donors (Lipinski definition) is 0. The Morgan fingerprint density at radius 3 is 2.32 bits per heavy atom. The zero-order chi connectivity index (χ0) is 32.0. The van der Waals surface area contributed by atoms with Crippen molar-refractivity contribution in [2.45, 2.75) is 33.7 Å². The normalized spacial score (nSPS) is 14.4. The van der Waals surface area contributed by atoms with E-state index in [0.29, 0.717) is 60.2 Å². The van der Waals surface area contributed by atoms with Crippen molar-refractivity contribution >= 4 is 45.3 Å². The molecule has 0 fully saturated rings. The van der Waals surface area contributed by atoms with Crippen LogP contribution in [0.4, 0.5) is 0 Å². The minimum absolute atomic E-state index is 0.155. The van der Waals surface area contributed by atoms with Crippen molar-refractivity contribution in [2.24, 2.45) is 4.99 Å². The lowest BCUT2D eigenvalue weighted by Gasteiger charge is -2.26. The molecule has 11 nitrogen and oxygen atoms in total. The van der Waals surface area contributed by atoms with Crippen LogP contribution in [-0.4, -0.2) is 57.2 Å². The van der Waals surface area contributed by atoms with Gasteiger partial charge in [0.25, 0.3) is 5.56 Å². The zero-order valence-electron chi connectivity index (χ0n) is 25.2. The first-order valence-corrected chi connectivity index (χ1v) is 15.4. The molecule has 4 rings (SSSR count). The van der Waals surface area contributed by atoms with Crippen LogP contribution < -0.4 is 33.8 Å². The first-order chi connectivity index (χ1) is 21.2. The molecule has 1 aromatic heterocycles. The molecule has 234 valence electrons. The van der Waals surface area contributed by atoms with Crippen LogP contribution in [0.25, 0.3) is 6.08 Å². The first-order valence-electron chi connectivity index (χ1n) is 13.8.